The van der Waals surface area contributed by atoms with Gasteiger partial charge in [-0.25, -0.2) is 4.98 Å². The molecule has 0 aromatic carbocycles. The van der Waals surface area contributed by atoms with E-state index < -0.39 is 5.91 Å². The number of aromatic nitrogens is 1. The Bertz CT molecular complexity index is 446. The van der Waals surface area contributed by atoms with E-state index >= 15 is 0 Å². The summed E-state index contributed by atoms with van der Waals surface area (Å²) in [5, 5.41) is 0. The van der Waals surface area contributed by atoms with E-state index in [-0.39, 0.29) is 11.3 Å². The molecule has 0 radical (unpaired) electrons. The fourth-order valence-corrected chi connectivity index (χ4v) is 1.73. The summed E-state index contributed by atoms with van der Waals surface area (Å²) >= 11 is 0. The summed E-state index contributed by atoms with van der Waals surface area (Å²) < 4.78 is 5.48. The van der Waals surface area contributed by atoms with Gasteiger partial charge in [0.2, 0.25) is 5.88 Å². The number of likely N-dealkylation sites (N-methyl/N-ethyl adjacent to an activating group) is 1. The summed E-state index contributed by atoms with van der Waals surface area (Å²) in [5.41, 5.74) is 11.3. The van der Waals surface area contributed by atoms with E-state index in [9.17, 15) is 4.79 Å². The number of nitrogens with two attached hydrogens (primary N) is 2. The minimum atomic E-state index is -0.574. The van der Waals surface area contributed by atoms with Gasteiger partial charge in [0.1, 0.15) is 6.61 Å². The molecule has 6 heteroatoms. The molecule has 6 nitrogen and oxygen atoms in total. The maximum atomic E-state index is 11.1. The Morgan fingerprint density at radius 3 is 2.94 bits per heavy atom. The van der Waals surface area contributed by atoms with Gasteiger partial charge in [-0.15, -0.1) is 0 Å². The fourth-order valence-electron chi connectivity index (χ4n) is 1.73. The molecule has 1 aliphatic rings. The van der Waals surface area contributed by atoms with Crippen molar-refractivity contribution in [3.63, 3.8) is 0 Å². The zero-order valence-electron chi connectivity index (χ0n) is 10.4. The summed E-state index contributed by atoms with van der Waals surface area (Å²) in [4.78, 5) is 17.4. The lowest BCUT2D eigenvalue weighted by atomic mass is 10.2. The maximum Gasteiger partial charge on any atom is 0.251 e. The van der Waals surface area contributed by atoms with E-state index in [0.29, 0.717) is 18.5 Å². The molecular formula is C12H18N4O2. The highest BCUT2D eigenvalue weighted by atomic mass is 16.5. The SMILES string of the molecule is CN(CCOc1cc(C(N)=O)c(N)cn1)C1CC1. The second kappa shape index (κ2) is 5.22. The number of hydrogen-bond donors (Lipinski definition) is 2. The van der Waals surface area contributed by atoms with Crippen molar-refractivity contribution < 1.29 is 9.53 Å². The van der Waals surface area contributed by atoms with E-state index in [1.54, 1.807) is 0 Å². The van der Waals surface area contributed by atoms with Crippen molar-refractivity contribution >= 4 is 11.6 Å². The van der Waals surface area contributed by atoms with Crippen LogP contribution in [0, 0.1) is 0 Å². The molecule has 0 saturated heterocycles. The summed E-state index contributed by atoms with van der Waals surface area (Å²) in [6, 6.07) is 2.18. The summed E-state index contributed by atoms with van der Waals surface area (Å²) in [7, 11) is 2.08. The summed E-state index contributed by atoms with van der Waals surface area (Å²) in [6.07, 6.45) is 3.92. The third-order valence-electron chi connectivity index (χ3n) is 3.04. The maximum absolute atomic E-state index is 11.1. The average Bonchev–Trinajstić information content (AvgIpc) is 3.14. The van der Waals surface area contributed by atoms with Crippen LogP contribution in [-0.2, 0) is 0 Å². The van der Waals surface area contributed by atoms with Gasteiger partial charge in [-0.2, -0.15) is 0 Å². The van der Waals surface area contributed by atoms with Crippen molar-refractivity contribution in [3.05, 3.63) is 17.8 Å². The first-order valence-electron chi connectivity index (χ1n) is 5.96. The standard InChI is InChI=1S/C12H18N4O2/c1-16(8-2-3-8)4-5-18-11-6-9(12(14)17)10(13)7-15-11/h6-8H,2-5,13H2,1H3,(H2,14,17). The second-order valence-electron chi connectivity index (χ2n) is 4.53. The molecule has 0 bridgehead atoms. The number of ether oxygens (including phenoxy) is 1. The van der Waals surface area contributed by atoms with Crippen LogP contribution in [0.4, 0.5) is 5.69 Å². The number of carbonyl (C=O) groups excluding carboxylic acids is 1. The molecule has 0 atom stereocenters. The first-order chi connectivity index (χ1) is 8.58. The van der Waals surface area contributed by atoms with Gasteiger partial charge in [-0.1, -0.05) is 0 Å². The largest absolute Gasteiger partial charge is 0.476 e. The zero-order valence-corrected chi connectivity index (χ0v) is 10.4. The molecule has 0 spiro atoms. The quantitative estimate of drug-likeness (QED) is 0.754. The van der Waals surface area contributed by atoms with Gasteiger partial charge in [-0.3, -0.25) is 4.79 Å². The molecule has 0 unspecified atom stereocenters. The highest BCUT2D eigenvalue weighted by Gasteiger charge is 2.25. The Hall–Kier alpha value is -1.82. The first-order valence-corrected chi connectivity index (χ1v) is 5.96. The molecule has 1 heterocycles. The Morgan fingerprint density at radius 2 is 2.33 bits per heavy atom. The van der Waals surface area contributed by atoms with Gasteiger partial charge in [-0.05, 0) is 19.9 Å². The molecule has 1 aliphatic carbocycles. The van der Waals surface area contributed by atoms with Crippen molar-refractivity contribution in [3.8, 4) is 5.88 Å². The van der Waals surface area contributed by atoms with E-state index in [1.807, 2.05) is 0 Å². The molecular weight excluding hydrogens is 232 g/mol. The van der Waals surface area contributed by atoms with E-state index in [2.05, 4.69) is 16.9 Å². The molecule has 0 aliphatic heterocycles. The minimum absolute atomic E-state index is 0.246. The Balaban J connectivity index is 1.88. The smallest absolute Gasteiger partial charge is 0.251 e. The second-order valence-corrected chi connectivity index (χ2v) is 4.53. The summed E-state index contributed by atoms with van der Waals surface area (Å²) in [5.74, 6) is -0.197. The molecule has 1 aromatic rings. The Kier molecular flexibility index (Phi) is 3.66. The van der Waals surface area contributed by atoms with Crippen LogP contribution in [0.25, 0.3) is 0 Å². The van der Waals surface area contributed by atoms with Crippen LogP contribution in [0.2, 0.25) is 0 Å². The van der Waals surface area contributed by atoms with Crippen molar-refractivity contribution in [2.24, 2.45) is 5.73 Å². The van der Waals surface area contributed by atoms with E-state index in [1.165, 1.54) is 25.1 Å². The third kappa shape index (κ3) is 3.10. The number of hydrogen-bond acceptors (Lipinski definition) is 5. The van der Waals surface area contributed by atoms with E-state index in [4.69, 9.17) is 16.2 Å². The van der Waals surface area contributed by atoms with Crippen LogP contribution in [-0.4, -0.2) is 42.0 Å². The predicted molar refractivity (Wildman–Crippen MR) is 68.3 cm³/mol. The summed E-state index contributed by atoms with van der Waals surface area (Å²) in [6.45, 7) is 1.37. The lowest BCUT2D eigenvalue weighted by molar-refractivity contribution is 0.100. The molecule has 4 N–H and O–H groups in total. The van der Waals surface area contributed by atoms with E-state index in [0.717, 1.165) is 6.54 Å². The van der Waals surface area contributed by atoms with Crippen molar-refractivity contribution in [2.45, 2.75) is 18.9 Å². The Labute approximate surface area is 106 Å². The van der Waals surface area contributed by atoms with Crippen molar-refractivity contribution in [2.75, 3.05) is 25.9 Å². The predicted octanol–water partition coefficient (Wildman–Crippen LogP) is 0.236. The van der Waals surface area contributed by atoms with Crippen LogP contribution in [0.15, 0.2) is 12.3 Å². The van der Waals surface area contributed by atoms with Gasteiger partial charge < -0.3 is 21.1 Å². The van der Waals surface area contributed by atoms with Gasteiger partial charge in [0, 0.05) is 18.7 Å². The molecule has 2 rings (SSSR count). The minimum Gasteiger partial charge on any atom is -0.476 e. The lowest BCUT2D eigenvalue weighted by Crippen LogP contribution is -2.26. The normalized spacial score (nSPS) is 14.8. The lowest BCUT2D eigenvalue weighted by Gasteiger charge is -2.15. The first kappa shape index (κ1) is 12.6. The zero-order chi connectivity index (χ0) is 13.1. The van der Waals surface area contributed by atoms with Crippen LogP contribution in [0.3, 0.4) is 0 Å². The monoisotopic (exact) mass is 250 g/mol. The number of amides is 1. The molecule has 18 heavy (non-hydrogen) atoms. The van der Waals surface area contributed by atoms with Gasteiger partial charge >= 0.3 is 0 Å². The number of nitrogens with zero attached hydrogens (tertiary/aromatic N) is 2. The molecule has 1 saturated carbocycles. The number of anilines is 1. The number of carbonyl (C=O) groups is 1. The van der Waals surface area contributed by atoms with Crippen molar-refractivity contribution in [1.82, 2.24) is 9.88 Å². The van der Waals surface area contributed by atoms with Gasteiger partial charge in [0.15, 0.2) is 0 Å². The van der Waals surface area contributed by atoms with Gasteiger partial charge in [0.25, 0.3) is 5.91 Å². The van der Waals surface area contributed by atoms with Gasteiger partial charge in [0.05, 0.1) is 17.4 Å². The van der Waals surface area contributed by atoms with Crippen LogP contribution >= 0.6 is 0 Å². The van der Waals surface area contributed by atoms with Crippen LogP contribution in [0.5, 0.6) is 5.88 Å². The highest BCUT2D eigenvalue weighted by molar-refractivity contribution is 5.97. The molecule has 98 valence electrons. The average molecular weight is 250 g/mol. The molecule has 1 fully saturated rings. The fraction of sp³-hybridized carbons (Fsp3) is 0.500. The molecule has 1 aromatic heterocycles. The Morgan fingerprint density at radius 1 is 1.61 bits per heavy atom. The number of primary amides is 1. The third-order valence-corrected chi connectivity index (χ3v) is 3.04. The number of nitrogen functional groups attached to an aromatic ring is 1. The number of pyridine rings is 1. The van der Waals surface area contributed by atoms with Crippen LogP contribution in [0.1, 0.15) is 23.2 Å². The van der Waals surface area contributed by atoms with Crippen LogP contribution < -0.4 is 16.2 Å². The topological polar surface area (TPSA) is 94.5 Å². The number of rotatable bonds is 6. The molecule has 1 amide bonds. The highest BCUT2D eigenvalue weighted by Crippen LogP contribution is 2.24. The van der Waals surface area contributed by atoms with Crippen molar-refractivity contribution in [1.29, 1.82) is 0 Å².